The summed E-state index contributed by atoms with van der Waals surface area (Å²) in [5, 5.41) is 3.63. The fourth-order valence-electron chi connectivity index (χ4n) is 2.45. The highest BCUT2D eigenvalue weighted by Gasteiger charge is 2.11. The van der Waals surface area contributed by atoms with Gasteiger partial charge in [0.05, 0.1) is 21.7 Å². The van der Waals surface area contributed by atoms with Gasteiger partial charge in [0.25, 0.3) is 0 Å². The number of aromatic nitrogens is 1. The van der Waals surface area contributed by atoms with Gasteiger partial charge in [-0.15, -0.1) is 23.1 Å². The number of fused-ring (bicyclic) bond motifs is 1. The molecule has 0 aliphatic rings. The number of para-hydroxylation sites is 1. The number of amides is 1. The van der Waals surface area contributed by atoms with Crippen LogP contribution in [0.15, 0.2) is 54.6 Å². The summed E-state index contributed by atoms with van der Waals surface area (Å²) < 4.78 is 27.7. The molecule has 0 aliphatic heterocycles. The lowest BCUT2D eigenvalue weighted by atomic mass is 10.2. The van der Waals surface area contributed by atoms with E-state index in [-0.39, 0.29) is 30.5 Å². The largest absolute Gasteiger partial charge is 0.354 e. The fourth-order valence-corrected chi connectivity index (χ4v) is 5.23. The fraction of sp³-hybridized carbons (Fsp3) is 0.263. The average molecular weight is 436 g/mol. The SMILES string of the molecule is O=C(CSCc1nc2ccccc2s1)NCCS(=O)(=O)NCc1ccccc1. The van der Waals surface area contributed by atoms with E-state index in [1.165, 1.54) is 11.8 Å². The summed E-state index contributed by atoms with van der Waals surface area (Å²) in [5.41, 5.74) is 1.86. The van der Waals surface area contributed by atoms with E-state index >= 15 is 0 Å². The van der Waals surface area contributed by atoms with E-state index in [4.69, 9.17) is 0 Å². The molecule has 0 atom stereocenters. The van der Waals surface area contributed by atoms with Crippen molar-refractivity contribution in [2.45, 2.75) is 12.3 Å². The van der Waals surface area contributed by atoms with Crippen molar-refractivity contribution in [2.75, 3.05) is 18.1 Å². The maximum atomic E-state index is 12.0. The zero-order chi connectivity index (χ0) is 19.8. The predicted octanol–water partition coefficient (Wildman–Crippen LogP) is 2.77. The molecular formula is C19H21N3O3S3. The molecule has 0 saturated heterocycles. The van der Waals surface area contributed by atoms with Crippen LogP contribution in [0.4, 0.5) is 0 Å². The number of nitrogens with one attached hydrogen (secondary N) is 2. The Balaban J connectivity index is 1.33. The highest BCUT2D eigenvalue weighted by Crippen LogP contribution is 2.24. The molecular weight excluding hydrogens is 414 g/mol. The Morgan fingerprint density at radius 2 is 1.82 bits per heavy atom. The third-order valence-electron chi connectivity index (χ3n) is 3.83. The van der Waals surface area contributed by atoms with Crippen molar-refractivity contribution in [1.82, 2.24) is 15.0 Å². The monoisotopic (exact) mass is 435 g/mol. The highest BCUT2D eigenvalue weighted by atomic mass is 32.2. The Hall–Kier alpha value is -1.94. The van der Waals surface area contributed by atoms with Crippen molar-refractivity contribution in [3.05, 3.63) is 65.2 Å². The van der Waals surface area contributed by atoms with E-state index in [0.717, 1.165) is 20.8 Å². The van der Waals surface area contributed by atoms with Crippen LogP contribution in [0.5, 0.6) is 0 Å². The smallest absolute Gasteiger partial charge is 0.230 e. The lowest BCUT2D eigenvalue weighted by molar-refractivity contribution is -0.118. The Morgan fingerprint density at radius 3 is 2.61 bits per heavy atom. The minimum Gasteiger partial charge on any atom is -0.354 e. The summed E-state index contributed by atoms with van der Waals surface area (Å²) in [5.74, 6) is 0.606. The van der Waals surface area contributed by atoms with E-state index in [1.807, 2.05) is 54.6 Å². The second kappa shape index (κ2) is 10.0. The molecule has 0 bridgehead atoms. The Morgan fingerprint density at radius 1 is 1.07 bits per heavy atom. The van der Waals surface area contributed by atoms with Crippen LogP contribution in [0, 0.1) is 0 Å². The first-order valence-corrected chi connectivity index (χ1v) is 12.3. The van der Waals surface area contributed by atoms with Crippen molar-refractivity contribution >= 4 is 49.2 Å². The molecule has 9 heteroatoms. The van der Waals surface area contributed by atoms with Crippen LogP contribution < -0.4 is 10.0 Å². The molecule has 28 heavy (non-hydrogen) atoms. The van der Waals surface area contributed by atoms with Crippen molar-refractivity contribution in [1.29, 1.82) is 0 Å². The summed E-state index contributed by atoms with van der Waals surface area (Å²) in [6.45, 7) is 0.333. The van der Waals surface area contributed by atoms with Gasteiger partial charge >= 0.3 is 0 Å². The minimum atomic E-state index is -3.43. The van der Waals surface area contributed by atoms with Crippen LogP contribution in [0.1, 0.15) is 10.6 Å². The third kappa shape index (κ3) is 6.59. The molecule has 0 radical (unpaired) electrons. The number of nitrogens with zero attached hydrogens (tertiary/aromatic N) is 1. The number of thiazole rings is 1. The number of hydrogen-bond donors (Lipinski definition) is 2. The van der Waals surface area contributed by atoms with Gasteiger partial charge in [0.2, 0.25) is 15.9 Å². The molecule has 0 fully saturated rings. The molecule has 1 aromatic heterocycles. The van der Waals surface area contributed by atoms with Crippen molar-refractivity contribution < 1.29 is 13.2 Å². The molecule has 0 aliphatic carbocycles. The van der Waals surface area contributed by atoms with Crippen molar-refractivity contribution in [3.8, 4) is 0 Å². The molecule has 2 N–H and O–H groups in total. The number of hydrogen-bond acceptors (Lipinski definition) is 6. The number of carbonyl (C=O) groups is 1. The van der Waals surface area contributed by atoms with E-state index < -0.39 is 10.0 Å². The maximum Gasteiger partial charge on any atom is 0.230 e. The summed E-state index contributed by atoms with van der Waals surface area (Å²) in [7, 11) is -3.43. The molecule has 1 heterocycles. The van der Waals surface area contributed by atoms with Crippen LogP contribution >= 0.6 is 23.1 Å². The number of carbonyl (C=O) groups excluding carboxylic acids is 1. The topological polar surface area (TPSA) is 88.2 Å². The summed E-state index contributed by atoms with van der Waals surface area (Å²) in [6.07, 6.45) is 0. The van der Waals surface area contributed by atoms with E-state index in [1.54, 1.807) is 11.3 Å². The second-order valence-electron chi connectivity index (χ2n) is 6.04. The van der Waals surface area contributed by atoms with Gasteiger partial charge in [0.1, 0.15) is 5.01 Å². The zero-order valence-corrected chi connectivity index (χ0v) is 17.6. The Labute approximate surface area is 172 Å². The molecule has 0 unspecified atom stereocenters. The molecule has 148 valence electrons. The van der Waals surface area contributed by atoms with Gasteiger partial charge in [-0.2, -0.15) is 0 Å². The first kappa shape index (κ1) is 20.8. The van der Waals surface area contributed by atoms with Crippen molar-refractivity contribution in [3.63, 3.8) is 0 Å². The summed E-state index contributed by atoms with van der Waals surface area (Å²) >= 11 is 3.09. The quantitative estimate of drug-likeness (QED) is 0.511. The molecule has 3 rings (SSSR count). The number of sulfonamides is 1. The number of rotatable bonds is 10. The molecule has 6 nitrogen and oxygen atoms in total. The van der Waals surface area contributed by atoms with Gasteiger partial charge in [-0.1, -0.05) is 42.5 Å². The molecule has 3 aromatic rings. The highest BCUT2D eigenvalue weighted by molar-refractivity contribution is 7.99. The number of thioether (sulfide) groups is 1. The lowest BCUT2D eigenvalue weighted by Gasteiger charge is -2.08. The first-order chi connectivity index (χ1) is 13.5. The average Bonchev–Trinajstić information content (AvgIpc) is 3.10. The van der Waals surface area contributed by atoms with Gasteiger partial charge < -0.3 is 5.32 Å². The van der Waals surface area contributed by atoms with Gasteiger partial charge in [0.15, 0.2) is 0 Å². The molecule has 0 saturated carbocycles. The lowest BCUT2D eigenvalue weighted by Crippen LogP contribution is -2.34. The summed E-state index contributed by atoms with van der Waals surface area (Å²) in [4.78, 5) is 16.4. The molecule has 2 aromatic carbocycles. The van der Waals surface area contributed by atoms with Gasteiger partial charge in [-0.25, -0.2) is 18.1 Å². The van der Waals surface area contributed by atoms with E-state index in [2.05, 4.69) is 15.0 Å². The molecule has 1 amide bonds. The third-order valence-corrected chi connectivity index (χ3v) is 7.32. The van der Waals surface area contributed by atoms with E-state index in [0.29, 0.717) is 5.75 Å². The van der Waals surface area contributed by atoms with E-state index in [9.17, 15) is 13.2 Å². The second-order valence-corrected chi connectivity index (χ2v) is 10.1. The maximum absolute atomic E-state index is 12.0. The Bertz CT molecular complexity index is 987. The minimum absolute atomic E-state index is 0.0880. The van der Waals surface area contributed by atoms with Crippen LogP contribution in [-0.4, -0.2) is 37.4 Å². The van der Waals surface area contributed by atoms with Crippen LogP contribution in [0.25, 0.3) is 10.2 Å². The van der Waals surface area contributed by atoms with Crippen LogP contribution in [-0.2, 0) is 27.1 Å². The zero-order valence-electron chi connectivity index (χ0n) is 15.1. The normalized spacial score (nSPS) is 11.6. The standard InChI is InChI=1S/C19H21N3O3S3/c23-18(13-26-14-19-22-16-8-4-5-9-17(16)27-19)20-10-11-28(24,25)21-12-15-6-2-1-3-7-15/h1-9,21H,10-14H2,(H,20,23). The van der Waals surface area contributed by atoms with Crippen LogP contribution in [0.2, 0.25) is 0 Å². The number of benzene rings is 2. The molecule has 0 spiro atoms. The van der Waals surface area contributed by atoms with Crippen LogP contribution in [0.3, 0.4) is 0 Å². The van der Waals surface area contributed by atoms with Gasteiger partial charge in [0, 0.05) is 18.8 Å². The van der Waals surface area contributed by atoms with Gasteiger partial charge in [-0.3, -0.25) is 4.79 Å². The Kier molecular flexibility index (Phi) is 7.43. The first-order valence-electron chi connectivity index (χ1n) is 8.72. The van der Waals surface area contributed by atoms with Crippen molar-refractivity contribution in [2.24, 2.45) is 0 Å². The summed E-state index contributed by atoms with van der Waals surface area (Å²) in [6, 6.07) is 17.2. The van der Waals surface area contributed by atoms with Gasteiger partial charge in [-0.05, 0) is 17.7 Å². The predicted molar refractivity (Wildman–Crippen MR) is 116 cm³/mol.